The summed E-state index contributed by atoms with van der Waals surface area (Å²) in [7, 11) is 0. The van der Waals surface area contributed by atoms with Crippen LogP contribution in [0.1, 0.15) is 50.7 Å². The lowest BCUT2D eigenvalue weighted by Crippen LogP contribution is -2.38. The molecule has 31 heavy (non-hydrogen) atoms. The smallest absolute Gasteiger partial charge is 0.337 e. The molecule has 2 aromatic rings. The monoisotopic (exact) mass is 479 g/mol. The predicted molar refractivity (Wildman–Crippen MR) is 124 cm³/mol. The summed E-state index contributed by atoms with van der Waals surface area (Å²) in [6, 6.07) is 17.4. The number of rotatable bonds is 4. The van der Waals surface area contributed by atoms with E-state index in [1.54, 1.807) is 0 Å². The van der Waals surface area contributed by atoms with Gasteiger partial charge in [-0.3, -0.25) is 4.79 Å². The highest BCUT2D eigenvalue weighted by atomic mass is 79.9. The molecule has 0 bridgehead atoms. The van der Waals surface area contributed by atoms with Gasteiger partial charge in [-0.05, 0) is 42.0 Å². The maximum Gasteiger partial charge on any atom is 0.337 e. The van der Waals surface area contributed by atoms with Gasteiger partial charge in [0.05, 0.1) is 5.57 Å². The average molecular weight is 480 g/mol. The van der Waals surface area contributed by atoms with E-state index in [0.29, 0.717) is 17.6 Å². The SMILES string of the molecule is CC1=C(C(=O)OCc2ccccc2)C(c2cccc(Br)c2)C2=C(CC(C)(C)CC2=O)N1. The standard InChI is InChI=1S/C26H26BrNO3/c1-16-22(25(30)31-15-17-8-5-4-6-9-17)23(18-10-7-11-19(27)12-18)24-20(28-16)13-26(2,3)14-21(24)29/h4-12,23,28H,13-15H2,1-3H3. The topological polar surface area (TPSA) is 55.4 Å². The summed E-state index contributed by atoms with van der Waals surface area (Å²) in [6.07, 6.45) is 1.23. The number of dihydropyridines is 1. The van der Waals surface area contributed by atoms with Crippen LogP contribution >= 0.6 is 15.9 Å². The molecule has 0 spiro atoms. The van der Waals surface area contributed by atoms with Gasteiger partial charge in [0.1, 0.15) is 6.61 Å². The first-order valence-corrected chi connectivity index (χ1v) is 11.2. The Morgan fingerprint density at radius 3 is 2.58 bits per heavy atom. The van der Waals surface area contributed by atoms with E-state index in [4.69, 9.17) is 4.74 Å². The summed E-state index contributed by atoms with van der Waals surface area (Å²) in [4.78, 5) is 26.6. The van der Waals surface area contributed by atoms with Crippen molar-refractivity contribution in [2.75, 3.05) is 0 Å². The van der Waals surface area contributed by atoms with Crippen molar-refractivity contribution in [3.05, 3.63) is 92.7 Å². The molecule has 0 saturated carbocycles. The molecule has 1 heterocycles. The molecule has 5 heteroatoms. The quantitative estimate of drug-likeness (QED) is 0.563. The highest BCUT2D eigenvalue weighted by Gasteiger charge is 2.43. The molecule has 0 amide bonds. The zero-order valence-corrected chi connectivity index (χ0v) is 19.6. The van der Waals surface area contributed by atoms with E-state index < -0.39 is 11.9 Å². The number of nitrogens with one attached hydrogen (secondary N) is 1. The summed E-state index contributed by atoms with van der Waals surface area (Å²) in [5.41, 5.74) is 4.57. The van der Waals surface area contributed by atoms with Gasteiger partial charge >= 0.3 is 5.97 Å². The van der Waals surface area contributed by atoms with Crippen LogP contribution in [-0.2, 0) is 20.9 Å². The van der Waals surface area contributed by atoms with Crippen molar-refractivity contribution in [2.45, 2.75) is 46.1 Å². The fraction of sp³-hybridized carbons (Fsp3) is 0.308. The van der Waals surface area contributed by atoms with E-state index in [1.807, 2.05) is 61.5 Å². The van der Waals surface area contributed by atoms with E-state index in [2.05, 4.69) is 35.1 Å². The second kappa shape index (κ2) is 8.46. The Hall–Kier alpha value is -2.66. The van der Waals surface area contributed by atoms with Crippen molar-refractivity contribution in [2.24, 2.45) is 5.41 Å². The lowest BCUT2D eigenvalue weighted by molar-refractivity contribution is -0.140. The van der Waals surface area contributed by atoms with Crippen LogP contribution in [0.4, 0.5) is 0 Å². The molecule has 4 nitrogen and oxygen atoms in total. The van der Waals surface area contributed by atoms with Crippen LogP contribution in [0, 0.1) is 5.41 Å². The Kier molecular flexibility index (Phi) is 5.89. The summed E-state index contributed by atoms with van der Waals surface area (Å²) in [5, 5.41) is 3.37. The number of benzene rings is 2. The molecule has 1 atom stereocenters. The molecule has 1 N–H and O–H groups in total. The number of carbonyl (C=O) groups excluding carboxylic acids is 2. The Labute approximate surface area is 191 Å². The van der Waals surface area contributed by atoms with E-state index in [0.717, 1.165) is 33.4 Å². The fourth-order valence-corrected chi connectivity index (χ4v) is 4.94. The Morgan fingerprint density at radius 1 is 1.13 bits per heavy atom. The lowest BCUT2D eigenvalue weighted by atomic mass is 9.68. The molecule has 1 aliphatic carbocycles. The number of ether oxygens (including phenoxy) is 1. The molecule has 1 unspecified atom stereocenters. The first-order chi connectivity index (χ1) is 14.7. The number of Topliss-reactive ketones (excluding diaryl/α,β-unsaturated/α-hetero) is 1. The fourth-order valence-electron chi connectivity index (χ4n) is 4.53. The maximum atomic E-state index is 13.3. The molecule has 0 aromatic heterocycles. The van der Waals surface area contributed by atoms with Crippen molar-refractivity contribution < 1.29 is 14.3 Å². The Balaban J connectivity index is 1.74. The van der Waals surface area contributed by atoms with Crippen molar-refractivity contribution in [1.82, 2.24) is 5.32 Å². The summed E-state index contributed by atoms with van der Waals surface area (Å²) in [5.74, 6) is -0.756. The van der Waals surface area contributed by atoms with Gasteiger partial charge in [0.2, 0.25) is 0 Å². The summed E-state index contributed by atoms with van der Waals surface area (Å²) >= 11 is 3.53. The summed E-state index contributed by atoms with van der Waals surface area (Å²) < 4.78 is 6.60. The van der Waals surface area contributed by atoms with Crippen LogP contribution in [-0.4, -0.2) is 11.8 Å². The largest absolute Gasteiger partial charge is 0.457 e. The number of ketones is 1. The Bertz CT molecular complexity index is 1100. The second-order valence-electron chi connectivity index (χ2n) is 9.05. The third-order valence-electron chi connectivity index (χ3n) is 5.85. The predicted octanol–water partition coefficient (Wildman–Crippen LogP) is 5.80. The zero-order chi connectivity index (χ0) is 22.2. The third-order valence-corrected chi connectivity index (χ3v) is 6.35. The van der Waals surface area contributed by atoms with Gasteiger partial charge in [-0.2, -0.15) is 0 Å². The minimum Gasteiger partial charge on any atom is -0.457 e. The normalized spacial score (nSPS) is 20.3. The molecular formula is C26H26BrNO3. The maximum absolute atomic E-state index is 13.3. The number of carbonyl (C=O) groups is 2. The summed E-state index contributed by atoms with van der Waals surface area (Å²) in [6.45, 7) is 6.29. The van der Waals surface area contributed by atoms with Crippen molar-refractivity contribution in [3.63, 3.8) is 0 Å². The number of allylic oxidation sites excluding steroid dienone is 3. The molecular weight excluding hydrogens is 454 g/mol. The Morgan fingerprint density at radius 2 is 1.87 bits per heavy atom. The molecule has 0 fully saturated rings. The number of hydrogen-bond donors (Lipinski definition) is 1. The first-order valence-electron chi connectivity index (χ1n) is 10.5. The van der Waals surface area contributed by atoms with Crippen molar-refractivity contribution >= 4 is 27.7 Å². The molecule has 0 radical (unpaired) electrons. The number of esters is 1. The van der Waals surface area contributed by atoms with Gasteiger partial charge in [0, 0.05) is 33.8 Å². The van der Waals surface area contributed by atoms with Crippen molar-refractivity contribution in [3.8, 4) is 0 Å². The van der Waals surface area contributed by atoms with Gasteiger partial charge in [-0.1, -0.05) is 72.2 Å². The lowest BCUT2D eigenvalue weighted by Gasteiger charge is -2.39. The minimum absolute atomic E-state index is 0.0876. The van der Waals surface area contributed by atoms with Crippen LogP contribution in [0.5, 0.6) is 0 Å². The van der Waals surface area contributed by atoms with Gasteiger partial charge in [0.25, 0.3) is 0 Å². The highest BCUT2D eigenvalue weighted by molar-refractivity contribution is 9.10. The zero-order valence-electron chi connectivity index (χ0n) is 18.0. The van der Waals surface area contributed by atoms with E-state index >= 15 is 0 Å². The van der Waals surface area contributed by atoms with Crippen LogP contribution in [0.25, 0.3) is 0 Å². The van der Waals surface area contributed by atoms with Crippen LogP contribution in [0.3, 0.4) is 0 Å². The number of hydrogen-bond acceptors (Lipinski definition) is 4. The van der Waals surface area contributed by atoms with E-state index in [9.17, 15) is 9.59 Å². The van der Waals surface area contributed by atoms with Gasteiger partial charge < -0.3 is 10.1 Å². The van der Waals surface area contributed by atoms with Crippen LogP contribution in [0.2, 0.25) is 0 Å². The molecule has 4 rings (SSSR count). The number of halogens is 1. The van der Waals surface area contributed by atoms with E-state index in [1.165, 1.54) is 0 Å². The van der Waals surface area contributed by atoms with Crippen molar-refractivity contribution in [1.29, 1.82) is 0 Å². The molecule has 2 aliphatic rings. The molecule has 2 aromatic carbocycles. The highest BCUT2D eigenvalue weighted by Crippen LogP contribution is 2.47. The van der Waals surface area contributed by atoms with Gasteiger partial charge in [-0.15, -0.1) is 0 Å². The molecule has 160 valence electrons. The van der Waals surface area contributed by atoms with Gasteiger partial charge in [-0.25, -0.2) is 4.79 Å². The first kappa shape index (κ1) is 21.6. The molecule has 0 saturated heterocycles. The van der Waals surface area contributed by atoms with Crippen LogP contribution < -0.4 is 5.32 Å². The van der Waals surface area contributed by atoms with E-state index in [-0.39, 0.29) is 17.8 Å². The second-order valence-corrected chi connectivity index (χ2v) is 9.96. The molecule has 1 aliphatic heterocycles. The average Bonchev–Trinajstić information content (AvgIpc) is 2.71. The minimum atomic E-state index is -0.444. The van der Waals surface area contributed by atoms with Crippen LogP contribution in [0.15, 0.2) is 81.6 Å². The third kappa shape index (κ3) is 4.52. The van der Waals surface area contributed by atoms with Gasteiger partial charge in [0.15, 0.2) is 5.78 Å².